The van der Waals surface area contributed by atoms with E-state index in [0.29, 0.717) is 26.1 Å². The van der Waals surface area contributed by atoms with Gasteiger partial charge >= 0.3 is 5.97 Å². The van der Waals surface area contributed by atoms with Crippen LogP contribution in [0.4, 0.5) is 11.4 Å². The molecule has 0 bridgehead atoms. The number of hydrogen-bond donors (Lipinski definition) is 1. The van der Waals surface area contributed by atoms with E-state index < -0.39 is 14.9 Å². The first-order chi connectivity index (χ1) is 12.8. The van der Waals surface area contributed by atoms with Gasteiger partial charge in [-0.1, -0.05) is 6.92 Å². The van der Waals surface area contributed by atoms with E-state index in [1.165, 1.54) is 23.5 Å². The number of anilines is 1. The van der Waals surface area contributed by atoms with Crippen LogP contribution in [0.2, 0.25) is 0 Å². The van der Waals surface area contributed by atoms with Gasteiger partial charge in [-0.2, -0.15) is 4.31 Å². The molecule has 0 aliphatic carbocycles. The number of nitro benzene ring substituents is 1. The number of rotatable bonds is 8. The molecule has 1 N–H and O–H groups in total. The molecule has 1 aliphatic heterocycles. The molecule has 0 aromatic heterocycles. The summed E-state index contributed by atoms with van der Waals surface area (Å²) >= 11 is 0. The third-order valence-corrected chi connectivity index (χ3v) is 6.39. The Morgan fingerprint density at radius 3 is 2.81 bits per heavy atom. The number of carbonyl (C=O) groups excluding carboxylic acids is 1. The SMILES string of the molecule is COC(=O)CCCNc1ccc(S(=O)(=O)N2CCC[C@@H](C)C2)cc1[N+](=O)[O-]. The van der Waals surface area contributed by atoms with E-state index in [9.17, 15) is 23.3 Å². The molecule has 1 saturated heterocycles. The Hall–Kier alpha value is -2.20. The summed E-state index contributed by atoms with van der Waals surface area (Å²) in [6.07, 6.45) is 2.38. The maximum absolute atomic E-state index is 12.8. The van der Waals surface area contributed by atoms with Crippen molar-refractivity contribution in [3.63, 3.8) is 0 Å². The Balaban J connectivity index is 2.16. The summed E-state index contributed by atoms with van der Waals surface area (Å²) in [4.78, 5) is 21.8. The number of hydrogen-bond acceptors (Lipinski definition) is 7. The van der Waals surface area contributed by atoms with Crippen molar-refractivity contribution in [2.75, 3.05) is 32.1 Å². The molecular weight excluding hydrogens is 374 g/mol. The molecular formula is C17H25N3O6S. The topological polar surface area (TPSA) is 119 Å². The Labute approximate surface area is 158 Å². The van der Waals surface area contributed by atoms with Gasteiger partial charge in [0.25, 0.3) is 5.69 Å². The third-order valence-electron chi connectivity index (χ3n) is 4.52. The van der Waals surface area contributed by atoms with Gasteiger partial charge < -0.3 is 10.1 Å². The highest BCUT2D eigenvalue weighted by atomic mass is 32.2. The molecule has 10 heteroatoms. The normalized spacial score (nSPS) is 18.1. The van der Waals surface area contributed by atoms with Crippen molar-refractivity contribution in [1.29, 1.82) is 0 Å². The molecule has 1 fully saturated rings. The highest BCUT2D eigenvalue weighted by Crippen LogP contribution is 2.30. The molecule has 1 aromatic carbocycles. The fourth-order valence-corrected chi connectivity index (χ4v) is 4.66. The summed E-state index contributed by atoms with van der Waals surface area (Å²) in [5.41, 5.74) is -0.0879. The lowest BCUT2D eigenvalue weighted by Gasteiger charge is -2.30. The van der Waals surface area contributed by atoms with Crippen molar-refractivity contribution < 1.29 is 22.9 Å². The van der Waals surface area contributed by atoms with Gasteiger partial charge in [0.15, 0.2) is 0 Å². The number of nitrogens with one attached hydrogen (secondary N) is 1. The van der Waals surface area contributed by atoms with Gasteiger partial charge in [-0.05, 0) is 37.3 Å². The molecule has 0 saturated carbocycles. The van der Waals surface area contributed by atoms with Crippen LogP contribution in [-0.2, 0) is 19.6 Å². The lowest BCUT2D eigenvalue weighted by Crippen LogP contribution is -2.39. The number of sulfonamides is 1. The summed E-state index contributed by atoms with van der Waals surface area (Å²) < 4.78 is 31.6. The minimum atomic E-state index is -3.77. The molecule has 0 spiro atoms. The summed E-state index contributed by atoms with van der Waals surface area (Å²) in [6.45, 7) is 3.16. The fraction of sp³-hybridized carbons (Fsp3) is 0.588. The van der Waals surface area contributed by atoms with Crippen LogP contribution in [-0.4, -0.2) is 50.4 Å². The van der Waals surface area contributed by atoms with E-state index in [2.05, 4.69) is 10.1 Å². The van der Waals surface area contributed by atoms with Gasteiger partial charge in [0.2, 0.25) is 10.0 Å². The number of ether oxygens (including phenoxy) is 1. The zero-order valence-corrected chi connectivity index (χ0v) is 16.3. The standard InChI is InChI=1S/C17H25N3O6S/c1-13-5-4-10-19(12-13)27(24,25)14-7-8-15(16(11-14)20(22)23)18-9-3-6-17(21)26-2/h7-8,11,13,18H,3-6,9-10,12H2,1-2H3/t13-/m1/s1. The van der Waals surface area contributed by atoms with Crippen molar-refractivity contribution in [3.8, 4) is 0 Å². The van der Waals surface area contributed by atoms with Crippen LogP contribution in [0.1, 0.15) is 32.6 Å². The number of nitro groups is 1. The van der Waals surface area contributed by atoms with Crippen LogP contribution in [0.25, 0.3) is 0 Å². The van der Waals surface area contributed by atoms with Crippen molar-refractivity contribution in [3.05, 3.63) is 28.3 Å². The first kappa shape index (κ1) is 21.1. The highest BCUT2D eigenvalue weighted by molar-refractivity contribution is 7.89. The first-order valence-electron chi connectivity index (χ1n) is 8.85. The van der Waals surface area contributed by atoms with Crippen molar-refractivity contribution in [2.24, 2.45) is 5.92 Å². The van der Waals surface area contributed by atoms with E-state index in [1.54, 1.807) is 0 Å². The van der Waals surface area contributed by atoms with Crippen LogP contribution in [0.15, 0.2) is 23.1 Å². The second-order valence-corrected chi connectivity index (χ2v) is 8.59. The summed E-state index contributed by atoms with van der Waals surface area (Å²) in [5.74, 6) is -0.0947. The number of carbonyl (C=O) groups is 1. The predicted molar refractivity (Wildman–Crippen MR) is 100.0 cm³/mol. The van der Waals surface area contributed by atoms with Gasteiger partial charge in [0, 0.05) is 32.1 Å². The van der Waals surface area contributed by atoms with Crippen LogP contribution in [0, 0.1) is 16.0 Å². The molecule has 1 aromatic rings. The number of methoxy groups -OCH3 is 1. The van der Waals surface area contributed by atoms with Gasteiger partial charge in [-0.3, -0.25) is 14.9 Å². The summed E-state index contributed by atoms with van der Waals surface area (Å²) in [5, 5.41) is 14.3. The number of piperidine rings is 1. The van der Waals surface area contributed by atoms with Crippen LogP contribution in [0.3, 0.4) is 0 Å². The monoisotopic (exact) mass is 399 g/mol. The third kappa shape index (κ3) is 5.39. The maximum Gasteiger partial charge on any atom is 0.305 e. The van der Waals surface area contributed by atoms with Crippen molar-refractivity contribution in [1.82, 2.24) is 4.31 Å². The molecule has 150 valence electrons. The molecule has 0 unspecified atom stereocenters. The summed E-state index contributed by atoms with van der Waals surface area (Å²) in [7, 11) is -2.47. The largest absolute Gasteiger partial charge is 0.469 e. The second kappa shape index (κ2) is 9.14. The molecule has 2 rings (SSSR count). The van der Waals surface area contributed by atoms with Gasteiger partial charge in [-0.25, -0.2) is 8.42 Å². The summed E-state index contributed by atoms with van der Waals surface area (Å²) in [6, 6.07) is 3.87. The Morgan fingerprint density at radius 1 is 1.44 bits per heavy atom. The maximum atomic E-state index is 12.8. The van der Waals surface area contributed by atoms with Gasteiger partial charge in [0.05, 0.1) is 16.9 Å². The Morgan fingerprint density at radius 2 is 2.19 bits per heavy atom. The lowest BCUT2D eigenvalue weighted by atomic mass is 10.0. The Bertz CT molecular complexity index is 796. The zero-order chi connectivity index (χ0) is 20.0. The smallest absolute Gasteiger partial charge is 0.305 e. The van der Waals surface area contributed by atoms with Gasteiger partial charge in [-0.15, -0.1) is 0 Å². The quantitative estimate of drug-likeness (QED) is 0.308. The van der Waals surface area contributed by atoms with Crippen molar-refractivity contribution >= 4 is 27.4 Å². The van der Waals surface area contributed by atoms with Crippen LogP contribution >= 0.6 is 0 Å². The van der Waals surface area contributed by atoms with E-state index in [-0.39, 0.29) is 34.6 Å². The molecule has 1 atom stereocenters. The first-order valence-corrected chi connectivity index (χ1v) is 10.3. The zero-order valence-electron chi connectivity index (χ0n) is 15.5. The van der Waals surface area contributed by atoms with E-state index >= 15 is 0 Å². The lowest BCUT2D eigenvalue weighted by molar-refractivity contribution is -0.384. The minimum absolute atomic E-state index is 0.0802. The average molecular weight is 399 g/mol. The van der Waals surface area contributed by atoms with E-state index in [4.69, 9.17) is 0 Å². The molecule has 1 heterocycles. The van der Waals surface area contributed by atoms with E-state index in [0.717, 1.165) is 18.9 Å². The minimum Gasteiger partial charge on any atom is -0.469 e. The molecule has 0 amide bonds. The predicted octanol–water partition coefficient (Wildman–Crippen LogP) is 2.38. The molecule has 27 heavy (non-hydrogen) atoms. The average Bonchev–Trinajstić information content (AvgIpc) is 2.64. The fourth-order valence-electron chi connectivity index (χ4n) is 3.04. The number of esters is 1. The second-order valence-electron chi connectivity index (χ2n) is 6.65. The van der Waals surface area contributed by atoms with E-state index in [1.807, 2.05) is 6.92 Å². The highest BCUT2D eigenvalue weighted by Gasteiger charge is 2.30. The van der Waals surface area contributed by atoms with Crippen LogP contribution < -0.4 is 5.32 Å². The van der Waals surface area contributed by atoms with Crippen LogP contribution in [0.5, 0.6) is 0 Å². The van der Waals surface area contributed by atoms with Gasteiger partial charge in [0.1, 0.15) is 5.69 Å². The molecule has 0 radical (unpaired) electrons. The molecule has 9 nitrogen and oxygen atoms in total. The number of nitrogens with zero attached hydrogens (tertiary/aromatic N) is 2. The molecule has 1 aliphatic rings. The number of benzene rings is 1. The Kier molecular flexibility index (Phi) is 7.14. The van der Waals surface area contributed by atoms with Crippen molar-refractivity contribution in [2.45, 2.75) is 37.5 Å².